The molecule has 0 saturated heterocycles. The third-order valence-electron chi connectivity index (χ3n) is 2.09. The Labute approximate surface area is 86.3 Å². The number of nitrogens with one attached hydrogen (secondary N) is 2. The second kappa shape index (κ2) is 4.18. The van der Waals surface area contributed by atoms with E-state index in [0.717, 1.165) is 0 Å². The highest BCUT2D eigenvalue weighted by Gasteiger charge is 2.12. The van der Waals surface area contributed by atoms with E-state index in [1.165, 1.54) is 0 Å². The first-order valence-electron chi connectivity index (χ1n) is 4.65. The molecule has 0 aliphatic rings. The molecule has 0 saturated carbocycles. The minimum atomic E-state index is 0.301. The summed E-state index contributed by atoms with van der Waals surface area (Å²) in [5.41, 5.74) is 0.585. The topological polar surface area (TPSA) is 92.5 Å². The van der Waals surface area contributed by atoms with E-state index in [1.807, 2.05) is 14.0 Å². The van der Waals surface area contributed by atoms with Crippen molar-refractivity contribution in [3.8, 4) is 11.5 Å². The van der Waals surface area contributed by atoms with Gasteiger partial charge in [-0.1, -0.05) is 5.16 Å². The first kappa shape index (κ1) is 9.78. The molecule has 0 aromatic carbocycles. The van der Waals surface area contributed by atoms with Crippen LogP contribution in [0, 0.1) is 0 Å². The highest BCUT2D eigenvalue weighted by Crippen LogP contribution is 2.11. The summed E-state index contributed by atoms with van der Waals surface area (Å²) in [6.45, 7) is 2.04. The Morgan fingerprint density at radius 1 is 1.60 bits per heavy atom. The summed E-state index contributed by atoms with van der Waals surface area (Å²) in [4.78, 5) is 4.20. The van der Waals surface area contributed by atoms with E-state index in [4.69, 9.17) is 4.52 Å². The van der Waals surface area contributed by atoms with Gasteiger partial charge >= 0.3 is 0 Å². The lowest BCUT2D eigenvalue weighted by atomic mass is 10.2. The zero-order valence-corrected chi connectivity index (χ0v) is 8.56. The summed E-state index contributed by atoms with van der Waals surface area (Å²) in [6.07, 6.45) is 2.25. The molecule has 80 valence electrons. The number of aromatic amines is 1. The summed E-state index contributed by atoms with van der Waals surface area (Å²) < 4.78 is 5.08. The fourth-order valence-corrected chi connectivity index (χ4v) is 1.12. The zero-order chi connectivity index (χ0) is 10.7. The van der Waals surface area contributed by atoms with E-state index >= 15 is 0 Å². The van der Waals surface area contributed by atoms with Crippen LogP contribution in [0.25, 0.3) is 11.5 Å². The van der Waals surface area contributed by atoms with E-state index in [0.29, 0.717) is 29.9 Å². The molecule has 2 aromatic rings. The van der Waals surface area contributed by atoms with Crippen LogP contribution in [-0.2, 0) is 6.42 Å². The number of rotatable bonds is 4. The van der Waals surface area contributed by atoms with Crippen LogP contribution in [0.5, 0.6) is 0 Å². The van der Waals surface area contributed by atoms with Gasteiger partial charge in [0.25, 0.3) is 0 Å². The quantitative estimate of drug-likeness (QED) is 0.735. The summed E-state index contributed by atoms with van der Waals surface area (Å²) in [7, 11) is 1.89. The molecule has 0 spiro atoms. The largest absolute Gasteiger partial charge is 0.339 e. The molecule has 15 heavy (non-hydrogen) atoms. The fourth-order valence-electron chi connectivity index (χ4n) is 1.12. The Bertz CT molecular complexity index is 408. The molecule has 2 rings (SSSR count). The van der Waals surface area contributed by atoms with Gasteiger partial charge in [-0.15, -0.1) is 0 Å². The van der Waals surface area contributed by atoms with Crippen LogP contribution >= 0.6 is 0 Å². The normalized spacial score (nSPS) is 12.9. The van der Waals surface area contributed by atoms with Crippen molar-refractivity contribution in [2.75, 3.05) is 7.05 Å². The van der Waals surface area contributed by atoms with Crippen molar-refractivity contribution < 1.29 is 4.52 Å². The first-order chi connectivity index (χ1) is 7.29. The summed E-state index contributed by atoms with van der Waals surface area (Å²) >= 11 is 0. The smallest absolute Gasteiger partial charge is 0.228 e. The van der Waals surface area contributed by atoms with Gasteiger partial charge in [0.05, 0.1) is 6.20 Å². The zero-order valence-electron chi connectivity index (χ0n) is 8.56. The Kier molecular flexibility index (Phi) is 2.72. The maximum absolute atomic E-state index is 5.08. The predicted octanol–water partition coefficient (Wildman–Crippen LogP) is 0.00510. The van der Waals surface area contributed by atoms with Crippen molar-refractivity contribution in [1.29, 1.82) is 0 Å². The molecule has 0 radical (unpaired) electrons. The van der Waals surface area contributed by atoms with E-state index in [1.54, 1.807) is 6.20 Å². The third-order valence-corrected chi connectivity index (χ3v) is 2.09. The molecule has 0 amide bonds. The molecular weight excluding hydrogens is 196 g/mol. The average molecular weight is 208 g/mol. The van der Waals surface area contributed by atoms with Gasteiger partial charge in [-0.05, 0) is 14.0 Å². The number of likely N-dealkylation sites (N-methyl/N-ethyl adjacent to an activating group) is 1. The number of nitrogens with zero attached hydrogens (tertiary/aromatic N) is 4. The molecule has 0 aliphatic carbocycles. The van der Waals surface area contributed by atoms with Crippen molar-refractivity contribution in [3.05, 3.63) is 12.1 Å². The van der Waals surface area contributed by atoms with Gasteiger partial charge < -0.3 is 9.84 Å². The van der Waals surface area contributed by atoms with Gasteiger partial charge in [-0.2, -0.15) is 20.4 Å². The van der Waals surface area contributed by atoms with E-state index < -0.39 is 0 Å². The van der Waals surface area contributed by atoms with Crippen molar-refractivity contribution >= 4 is 0 Å². The maximum atomic E-state index is 5.08. The number of hydrogen-bond donors (Lipinski definition) is 2. The molecular formula is C8H12N6O. The number of aromatic nitrogens is 5. The molecule has 0 aliphatic heterocycles. The third kappa shape index (κ3) is 2.18. The van der Waals surface area contributed by atoms with Crippen molar-refractivity contribution in [1.82, 2.24) is 30.9 Å². The van der Waals surface area contributed by atoms with Crippen LogP contribution in [0.15, 0.2) is 10.7 Å². The molecule has 0 fully saturated rings. The van der Waals surface area contributed by atoms with Crippen molar-refractivity contribution in [2.24, 2.45) is 0 Å². The van der Waals surface area contributed by atoms with E-state index in [-0.39, 0.29) is 0 Å². The molecule has 0 bridgehead atoms. The van der Waals surface area contributed by atoms with Gasteiger partial charge in [0, 0.05) is 12.5 Å². The molecule has 2 N–H and O–H groups in total. The Morgan fingerprint density at radius 2 is 2.47 bits per heavy atom. The summed E-state index contributed by atoms with van der Waals surface area (Å²) in [5, 5.41) is 16.9. The molecule has 7 heteroatoms. The number of hydrogen-bond acceptors (Lipinski definition) is 6. The van der Waals surface area contributed by atoms with Crippen LogP contribution in [-0.4, -0.2) is 38.6 Å². The highest BCUT2D eigenvalue weighted by molar-refractivity contribution is 5.44. The summed E-state index contributed by atoms with van der Waals surface area (Å²) in [5.74, 6) is 1.05. The highest BCUT2D eigenvalue weighted by atomic mass is 16.5. The lowest BCUT2D eigenvalue weighted by Gasteiger charge is -2.04. The molecule has 1 atom stereocenters. The van der Waals surface area contributed by atoms with Crippen LogP contribution in [0.3, 0.4) is 0 Å². The Morgan fingerprint density at radius 3 is 3.13 bits per heavy atom. The van der Waals surface area contributed by atoms with Gasteiger partial charge in [0.2, 0.25) is 11.7 Å². The van der Waals surface area contributed by atoms with Crippen LogP contribution < -0.4 is 5.32 Å². The van der Waals surface area contributed by atoms with Crippen molar-refractivity contribution in [2.45, 2.75) is 19.4 Å². The first-order valence-corrected chi connectivity index (χ1v) is 4.65. The van der Waals surface area contributed by atoms with Crippen LogP contribution in [0.4, 0.5) is 0 Å². The summed E-state index contributed by atoms with van der Waals surface area (Å²) in [6, 6.07) is 0.301. The standard InChI is InChI=1S/C8H12N6O/c1-5(9-2)3-7-11-8(13-15-7)6-4-10-14-12-6/h4-5,9H,3H2,1-2H3,(H,10,12,14). The number of H-pyrrole nitrogens is 1. The maximum Gasteiger partial charge on any atom is 0.228 e. The Balaban J connectivity index is 2.11. The molecule has 2 aromatic heterocycles. The minimum absolute atomic E-state index is 0.301. The molecule has 2 heterocycles. The van der Waals surface area contributed by atoms with Gasteiger partial charge in [0.1, 0.15) is 0 Å². The minimum Gasteiger partial charge on any atom is -0.339 e. The SMILES string of the molecule is CNC(C)Cc1nc(-c2cn[nH]n2)no1. The van der Waals surface area contributed by atoms with E-state index in [2.05, 4.69) is 30.9 Å². The van der Waals surface area contributed by atoms with Gasteiger partial charge in [0.15, 0.2) is 5.69 Å². The van der Waals surface area contributed by atoms with Gasteiger partial charge in [-0.25, -0.2) is 0 Å². The van der Waals surface area contributed by atoms with Crippen molar-refractivity contribution in [3.63, 3.8) is 0 Å². The van der Waals surface area contributed by atoms with Gasteiger partial charge in [-0.3, -0.25) is 0 Å². The van der Waals surface area contributed by atoms with E-state index in [9.17, 15) is 0 Å². The lowest BCUT2D eigenvalue weighted by Crippen LogP contribution is -2.23. The van der Waals surface area contributed by atoms with Crippen LogP contribution in [0.1, 0.15) is 12.8 Å². The Hall–Kier alpha value is -1.76. The second-order valence-corrected chi connectivity index (χ2v) is 3.26. The average Bonchev–Trinajstić information content (AvgIpc) is 2.85. The fraction of sp³-hybridized carbons (Fsp3) is 0.500. The lowest BCUT2D eigenvalue weighted by molar-refractivity contribution is 0.365. The predicted molar refractivity (Wildman–Crippen MR) is 51.9 cm³/mol. The molecule has 7 nitrogen and oxygen atoms in total. The second-order valence-electron chi connectivity index (χ2n) is 3.26. The van der Waals surface area contributed by atoms with Crippen LogP contribution in [0.2, 0.25) is 0 Å². The molecule has 1 unspecified atom stereocenters. The monoisotopic (exact) mass is 208 g/mol.